The molecule has 3 heteroatoms. The van der Waals surface area contributed by atoms with Gasteiger partial charge in [0.1, 0.15) is 5.75 Å². The van der Waals surface area contributed by atoms with Gasteiger partial charge in [0.05, 0.1) is 13.2 Å². The molecule has 0 fully saturated rings. The lowest BCUT2D eigenvalue weighted by Gasteiger charge is -2.31. The molecule has 0 saturated heterocycles. The van der Waals surface area contributed by atoms with Crippen LogP contribution in [0.2, 0.25) is 0 Å². The summed E-state index contributed by atoms with van der Waals surface area (Å²) in [5.41, 5.74) is 2.34. The van der Waals surface area contributed by atoms with Gasteiger partial charge in [0.15, 0.2) is 0 Å². The number of anilines is 1. The summed E-state index contributed by atoms with van der Waals surface area (Å²) in [6.45, 7) is 3.14. The topological polar surface area (TPSA) is 30.5 Å². The maximum Gasteiger partial charge on any atom is 0.119 e. The molecule has 3 nitrogen and oxygen atoms in total. The van der Waals surface area contributed by atoms with Crippen molar-refractivity contribution in [1.82, 2.24) is 0 Å². The fourth-order valence-corrected chi connectivity index (χ4v) is 2.11. The molecule has 1 N–H and O–H groups in total. The van der Waals surface area contributed by atoms with Gasteiger partial charge in [0.2, 0.25) is 0 Å². The van der Waals surface area contributed by atoms with Gasteiger partial charge in [-0.25, -0.2) is 0 Å². The number of hydrogen-bond acceptors (Lipinski definition) is 3. The second-order valence-corrected chi connectivity index (χ2v) is 3.97. The summed E-state index contributed by atoms with van der Waals surface area (Å²) in [5, 5.41) is 3.39. The van der Waals surface area contributed by atoms with E-state index in [2.05, 4.69) is 12.2 Å². The number of nitrogens with one attached hydrogen (secondary N) is 1. The van der Waals surface area contributed by atoms with E-state index in [9.17, 15) is 0 Å². The van der Waals surface area contributed by atoms with E-state index in [1.54, 1.807) is 14.2 Å². The molecule has 0 radical (unpaired) electrons. The average molecular weight is 207 g/mol. The number of fused-ring (bicyclic) bond motifs is 1. The van der Waals surface area contributed by atoms with Crippen LogP contribution in [0, 0.1) is 5.92 Å². The van der Waals surface area contributed by atoms with Gasteiger partial charge >= 0.3 is 0 Å². The van der Waals surface area contributed by atoms with E-state index in [-0.39, 0.29) is 6.10 Å². The standard InChI is InChI=1S/C12H17NO2/c1-8-7-13-11-5-4-9(14-2)6-10(11)12(8)15-3/h4-6,8,12-13H,7H2,1-3H3. The maximum atomic E-state index is 5.53. The molecule has 1 heterocycles. The van der Waals surface area contributed by atoms with E-state index >= 15 is 0 Å². The number of ether oxygens (including phenoxy) is 2. The minimum Gasteiger partial charge on any atom is -0.497 e. The highest BCUT2D eigenvalue weighted by atomic mass is 16.5. The lowest BCUT2D eigenvalue weighted by Crippen LogP contribution is -2.26. The minimum atomic E-state index is 0.163. The van der Waals surface area contributed by atoms with Crippen molar-refractivity contribution in [2.45, 2.75) is 13.0 Å². The zero-order chi connectivity index (χ0) is 10.8. The predicted octanol–water partition coefficient (Wildman–Crippen LogP) is 2.44. The van der Waals surface area contributed by atoms with Crippen LogP contribution in [0.4, 0.5) is 5.69 Å². The first-order chi connectivity index (χ1) is 7.26. The second-order valence-electron chi connectivity index (χ2n) is 3.97. The maximum absolute atomic E-state index is 5.53. The zero-order valence-electron chi connectivity index (χ0n) is 9.41. The van der Waals surface area contributed by atoms with Crippen LogP contribution in [0.3, 0.4) is 0 Å². The minimum absolute atomic E-state index is 0.163. The zero-order valence-corrected chi connectivity index (χ0v) is 9.41. The van der Waals surface area contributed by atoms with Gasteiger partial charge in [-0.1, -0.05) is 6.92 Å². The van der Waals surface area contributed by atoms with Gasteiger partial charge in [-0.2, -0.15) is 0 Å². The Balaban J connectivity index is 2.41. The van der Waals surface area contributed by atoms with Crippen LogP contribution in [0.5, 0.6) is 5.75 Å². The molecule has 0 spiro atoms. The quantitative estimate of drug-likeness (QED) is 0.808. The highest BCUT2D eigenvalue weighted by Gasteiger charge is 2.26. The van der Waals surface area contributed by atoms with E-state index in [1.165, 1.54) is 5.56 Å². The molecule has 2 rings (SSSR count). The summed E-state index contributed by atoms with van der Waals surface area (Å²) >= 11 is 0. The van der Waals surface area contributed by atoms with Crippen LogP contribution in [0.1, 0.15) is 18.6 Å². The molecule has 2 unspecified atom stereocenters. The molecule has 0 saturated carbocycles. The van der Waals surface area contributed by atoms with E-state index in [0.29, 0.717) is 5.92 Å². The molecule has 15 heavy (non-hydrogen) atoms. The van der Waals surface area contributed by atoms with Gasteiger partial charge in [-0.05, 0) is 18.2 Å². The number of hydrogen-bond donors (Lipinski definition) is 1. The van der Waals surface area contributed by atoms with E-state index in [4.69, 9.17) is 9.47 Å². The molecule has 0 aliphatic carbocycles. The third kappa shape index (κ3) is 1.79. The van der Waals surface area contributed by atoms with Gasteiger partial charge in [0.25, 0.3) is 0 Å². The first-order valence-corrected chi connectivity index (χ1v) is 5.21. The molecule has 1 aliphatic rings. The fourth-order valence-electron chi connectivity index (χ4n) is 2.11. The summed E-state index contributed by atoms with van der Waals surface area (Å²) in [7, 11) is 3.44. The Kier molecular flexibility index (Phi) is 2.82. The molecule has 0 bridgehead atoms. The summed E-state index contributed by atoms with van der Waals surface area (Å²) < 4.78 is 10.8. The van der Waals surface area contributed by atoms with Crippen LogP contribution >= 0.6 is 0 Å². The first kappa shape index (κ1) is 10.3. The summed E-state index contributed by atoms with van der Waals surface area (Å²) in [6.07, 6.45) is 0.163. The van der Waals surface area contributed by atoms with Crippen LogP contribution in [-0.2, 0) is 4.74 Å². The molecular weight excluding hydrogens is 190 g/mol. The molecule has 1 aliphatic heterocycles. The van der Waals surface area contributed by atoms with Crippen molar-refractivity contribution in [3.63, 3.8) is 0 Å². The predicted molar refractivity (Wildman–Crippen MR) is 60.4 cm³/mol. The van der Waals surface area contributed by atoms with E-state index in [1.807, 2.05) is 18.2 Å². The van der Waals surface area contributed by atoms with Crippen molar-refractivity contribution in [2.24, 2.45) is 5.92 Å². The van der Waals surface area contributed by atoms with Crippen molar-refractivity contribution >= 4 is 5.69 Å². The Bertz CT molecular complexity index is 351. The van der Waals surface area contributed by atoms with Gasteiger partial charge in [0, 0.05) is 30.8 Å². The third-order valence-electron chi connectivity index (χ3n) is 2.95. The lowest BCUT2D eigenvalue weighted by molar-refractivity contribution is 0.0594. The van der Waals surface area contributed by atoms with Crippen molar-refractivity contribution < 1.29 is 9.47 Å². The highest BCUT2D eigenvalue weighted by Crippen LogP contribution is 2.37. The molecular formula is C12H17NO2. The van der Waals surface area contributed by atoms with Crippen LogP contribution in [-0.4, -0.2) is 20.8 Å². The number of benzene rings is 1. The highest BCUT2D eigenvalue weighted by molar-refractivity contribution is 5.57. The third-order valence-corrected chi connectivity index (χ3v) is 2.95. The Morgan fingerprint density at radius 3 is 2.80 bits per heavy atom. The van der Waals surface area contributed by atoms with Crippen molar-refractivity contribution in [1.29, 1.82) is 0 Å². The Hall–Kier alpha value is -1.22. The van der Waals surface area contributed by atoms with Crippen molar-refractivity contribution in [3.05, 3.63) is 23.8 Å². The molecule has 2 atom stereocenters. The summed E-state index contributed by atoms with van der Waals surface area (Å²) in [5.74, 6) is 1.36. The molecule has 1 aromatic rings. The van der Waals surface area contributed by atoms with Crippen molar-refractivity contribution in [3.8, 4) is 5.75 Å². The number of methoxy groups -OCH3 is 2. The Morgan fingerprint density at radius 1 is 1.33 bits per heavy atom. The van der Waals surface area contributed by atoms with E-state index in [0.717, 1.165) is 18.0 Å². The summed E-state index contributed by atoms with van der Waals surface area (Å²) in [4.78, 5) is 0. The molecule has 0 aromatic heterocycles. The fraction of sp³-hybridized carbons (Fsp3) is 0.500. The monoisotopic (exact) mass is 207 g/mol. The SMILES string of the molecule is COc1ccc2c(c1)C(OC)C(C)CN2. The van der Waals surface area contributed by atoms with Crippen LogP contribution < -0.4 is 10.1 Å². The summed E-state index contributed by atoms with van der Waals surface area (Å²) in [6, 6.07) is 6.06. The van der Waals surface area contributed by atoms with Crippen LogP contribution in [0.15, 0.2) is 18.2 Å². The van der Waals surface area contributed by atoms with Gasteiger partial charge < -0.3 is 14.8 Å². The largest absolute Gasteiger partial charge is 0.497 e. The van der Waals surface area contributed by atoms with E-state index < -0.39 is 0 Å². The van der Waals surface area contributed by atoms with Gasteiger partial charge in [-0.3, -0.25) is 0 Å². The first-order valence-electron chi connectivity index (χ1n) is 5.21. The second kappa shape index (κ2) is 4.11. The molecule has 0 amide bonds. The van der Waals surface area contributed by atoms with Gasteiger partial charge in [-0.15, -0.1) is 0 Å². The lowest BCUT2D eigenvalue weighted by atomic mass is 9.92. The smallest absolute Gasteiger partial charge is 0.119 e. The Morgan fingerprint density at radius 2 is 2.13 bits per heavy atom. The van der Waals surface area contributed by atoms with Crippen LogP contribution in [0.25, 0.3) is 0 Å². The average Bonchev–Trinajstić information content (AvgIpc) is 2.28. The van der Waals surface area contributed by atoms with Crippen molar-refractivity contribution in [2.75, 3.05) is 26.1 Å². The normalized spacial score (nSPS) is 24.2. The molecule has 1 aromatic carbocycles. The molecule has 82 valence electrons. The number of rotatable bonds is 2. The Labute approximate surface area is 90.4 Å².